The zero-order valence-electron chi connectivity index (χ0n) is 46.4. The Balaban J connectivity index is 1.15. The van der Waals surface area contributed by atoms with E-state index in [1.165, 1.54) is 125 Å². The number of ether oxygens (including phenoxy) is 3. The van der Waals surface area contributed by atoms with Crippen molar-refractivity contribution in [1.29, 1.82) is 0 Å². The number of benzene rings is 1. The van der Waals surface area contributed by atoms with Gasteiger partial charge in [0.25, 0.3) is 0 Å². The molecule has 1 aromatic heterocycles. The lowest BCUT2D eigenvalue weighted by Gasteiger charge is -2.37. The molecule has 2 atom stereocenters. The van der Waals surface area contributed by atoms with Gasteiger partial charge in [0.15, 0.2) is 6.10 Å². The largest absolute Gasteiger partial charge is 0.462 e. The molecular weight excluding hydrogens is 977 g/mol. The number of halogens is 1. The summed E-state index contributed by atoms with van der Waals surface area (Å²) >= 11 is 3.84. The summed E-state index contributed by atoms with van der Waals surface area (Å²) < 4.78 is 19.8. The first-order valence-corrected chi connectivity index (χ1v) is 30.5. The van der Waals surface area contributed by atoms with E-state index in [0.29, 0.717) is 31.7 Å². The molecule has 2 heterocycles. The molecule has 0 amide bonds. The molecule has 0 saturated carbocycles. The van der Waals surface area contributed by atoms with E-state index in [1.807, 2.05) is 11.5 Å². The number of allylic oxidation sites excluding steroid dienone is 4. The third-order valence-electron chi connectivity index (χ3n) is 15.0. The second-order valence-electron chi connectivity index (χ2n) is 21.5. The van der Waals surface area contributed by atoms with Gasteiger partial charge in [-0.3, -0.25) is 28.6 Å². The Labute approximate surface area is 451 Å². The van der Waals surface area contributed by atoms with Crippen molar-refractivity contribution in [3.05, 3.63) is 64.3 Å². The topological polar surface area (TPSA) is 104 Å². The van der Waals surface area contributed by atoms with Crippen LogP contribution in [0.4, 0.5) is 0 Å². The van der Waals surface area contributed by atoms with Crippen LogP contribution in [-0.4, -0.2) is 72.2 Å². The number of carbonyl (C=O) groups is 4. The standard InChI is InChI=1S/C63H99BrN2O7/c1-5-7-9-11-13-15-17-19-21-23-25-27-29-31-33-44-59(68)71-49-52(50-72-60(69)45-34-32-30-28-26-24-22-20-18-16-14-12-10-8-6-2)73-61(70)47-51(3)39-35-36-43-58(67)66-56-42-37-40-54-53-41-38-46-65(4)57(53)48-55(62(54)56)63(66)64/h19-22,37,40-42,51-52,57H,5-18,23-36,38-39,43-50H2,1-4H3/b21-19-,22-20-. The molecule has 0 fully saturated rings. The van der Waals surface area contributed by atoms with Gasteiger partial charge in [0.2, 0.25) is 5.91 Å². The number of hydrogen-bond acceptors (Lipinski definition) is 8. The monoisotopic (exact) mass is 1070 g/mol. The Kier molecular flexibility index (Phi) is 32.4. The number of esters is 3. The van der Waals surface area contributed by atoms with Gasteiger partial charge >= 0.3 is 17.9 Å². The predicted octanol–water partition coefficient (Wildman–Crippen LogP) is 17.3. The summed E-state index contributed by atoms with van der Waals surface area (Å²) in [5, 5.41) is 1.19. The fraction of sp³-hybridized carbons (Fsp3) is 0.714. The van der Waals surface area contributed by atoms with Crippen molar-refractivity contribution in [2.24, 2.45) is 5.92 Å². The molecule has 0 spiro atoms. The lowest BCUT2D eigenvalue weighted by Crippen LogP contribution is -2.39. The van der Waals surface area contributed by atoms with Crippen LogP contribution in [0.3, 0.4) is 0 Å². The molecule has 2 unspecified atom stereocenters. The molecule has 410 valence electrons. The smallest absolute Gasteiger partial charge is 0.306 e. The quantitative estimate of drug-likeness (QED) is 0.0280. The molecule has 9 nitrogen and oxygen atoms in total. The van der Waals surface area contributed by atoms with Crippen LogP contribution in [0.25, 0.3) is 16.5 Å². The molecule has 0 bridgehead atoms. The van der Waals surface area contributed by atoms with Crippen LogP contribution in [0.5, 0.6) is 0 Å². The van der Waals surface area contributed by atoms with E-state index < -0.39 is 12.1 Å². The van der Waals surface area contributed by atoms with Gasteiger partial charge in [-0.05, 0) is 135 Å². The van der Waals surface area contributed by atoms with E-state index >= 15 is 0 Å². The van der Waals surface area contributed by atoms with Crippen LogP contribution in [0.15, 0.2) is 53.2 Å². The van der Waals surface area contributed by atoms with Crippen molar-refractivity contribution in [3.63, 3.8) is 0 Å². The highest BCUT2D eigenvalue weighted by Crippen LogP contribution is 2.44. The van der Waals surface area contributed by atoms with Gasteiger partial charge in [0, 0.05) is 43.7 Å². The fourth-order valence-corrected chi connectivity index (χ4v) is 11.3. The van der Waals surface area contributed by atoms with Crippen LogP contribution in [0.1, 0.15) is 255 Å². The molecule has 1 aliphatic carbocycles. The minimum Gasteiger partial charge on any atom is -0.462 e. The normalized spacial score (nSPS) is 15.1. The number of nitrogens with zero attached hydrogens (tertiary/aromatic N) is 2. The molecule has 1 aromatic carbocycles. The Morgan fingerprint density at radius 3 is 1.67 bits per heavy atom. The highest BCUT2D eigenvalue weighted by molar-refractivity contribution is 9.10. The van der Waals surface area contributed by atoms with Crippen molar-refractivity contribution >= 4 is 56.2 Å². The van der Waals surface area contributed by atoms with Gasteiger partial charge in [-0.15, -0.1) is 0 Å². The first-order valence-electron chi connectivity index (χ1n) is 29.7. The van der Waals surface area contributed by atoms with Gasteiger partial charge in [-0.2, -0.15) is 0 Å². The Hall–Kier alpha value is -3.50. The second kappa shape index (κ2) is 38.1. The van der Waals surface area contributed by atoms with Crippen molar-refractivity contribution < 1.29 is 33.4 Å². The third kappa shape index (κ3) is 24.4. The molecule has 1 aliphatic heterocycles. The number of carbonyl (C=O) groups excluding carboxylic acids is 4. The van der Waals surface area contributed by atoms with E-state index in [-0.39, 0.29) is 43.4 Å². The Morgan fingerprint density at radius 2 is 1.14 bits per heavy atom. The molecular formula is C63H99BrN2O7. The summed E-state index contributed by atoms with van der Waals surface area (Å²) in [6.45, 7) is 7.28. The van der Waals surface area contributed by atoms with E-state index in [1.54, 1.807) is 0 Å². The zero-order chi connectivity index (χ0) is 52.3. The van der Waals surface area contributed by atoms with E-state index in [9.17, 15) is 19.2 Å². The van der Waals surface area contributed by atoms with Crippen molar-refractivity contribution in [1.82, 2.24) is 9.47 Å². The summed E-state index contributed by atoms with van der Waals surface area (Å²) in [6, 6.07) is 6.64. The molecule has 2 aromatic rings. The van der Waals surface area contributed by atoms with Crippen LogP contribution >= 0.6 is 15.9 Å². The van der Waals surface area contributed by atoms with Crippen LogP contribution < -0.4 is 0 Å². The minimum absolute atomic E-state index is 0.0200. The number of unbranched alkanes of at least 4 members (excludes halogenated alkanes) is 23. The van der Waals surface area contributed by atoms with Crippen LogP contribution in [-0.2, 0) is 35.0 Å². The SMILES string of the molecule is CCCCCCCC/C=C\CCCCCCCC(=O)OCC(COC(=O)CCCCCCC/C=C\CCCCCCCC)OC(=O)CC(C)CCCCC(=O)n1c(Br)c2c3c(cccc31)C1=CCCN(C)C1C2. The summed E-state index contributed by atoms with van der Waals surface area (Å²) in [4.78, 5) is 55.1. The third-order valence-corrected chi connectivity index (χ3v) is 15.9. The highest BCUT2D eigenvalue weighted by Gasteiger charge is 2.34. The zero-order valence-corrected chi connectivity index (χ0v) is 47.9. The fourth-order valence-electron chi connectivity index (χ4n) is 10.6. The average molecular weight is 1080 g/mol. The number of rotatable bonds is 42. The van der Waals surface area contributed by atoms with E-state index in [4.69, 9.17) is 14.2 Å². The predicted molar refractivity (Wildman–Crippen MR) is 306 cm³/mol. The average Bonchev–Trinajstić information content (AvgIpc) is 3.67. The van der Waals surface area contributed by atoms with Gasteiger partial charge in [-0.1, -0.05) is 179 Å². The minimum atomic E-state index is -0.870. The summed E-state index contributed by atoms with van der Waals surface area (Å²) in [5.41, 5.74) is 4.79. The summed E-state index contributed by atoms with van der Waals surface area (Å²) in [7, 11) is 2.19. The lowest BCUT2D eigenvalue weighted by molar-refractivity contribution is -0.167. The molecule has 2 aliphatic rings. The van der Waals surface area contributed by atoms with Crippen molar-refractivity contribution in [3.8, 4) is 0 Å². The first kappa shape index (κ1) is 62.0. The summed E-state index contributed by atoms with van der Waals surface area (Å²) in [6.07, 6.45) is 47.0. The number of aromatic nitrogens is 1. The van der Waals surface area contributed by atoms with E-state index in [0.717, 1.165) is 107 Å². The Bertz CT molecular complexity index is 1930. The highest BCUT2D eigenvalue weighted by atomic mass is 79.9. The maximum Gasteiger partial charge on any atom is 0.306 e. The summed E-state index contributed by atoms with van der Waals surface area (Å²) in [5.74, 6) is -0.970. The molecule has 73 heavy (non-hydrogen) atoms. The first-order chi connectivity index (χ1) is 35.6. The second-order valence-corrected chi connectivity index (χ2v) is 22.3. The van der Waals surface area contributed by atoms with Gasteiger partial charge in [0.1, 0.15) is 13.2 Å². The number of likely N-dealkylation sites (N-methyl/N-ethyl adjacent to an activating group) is 1. The van der Waals surface area contributed by atoms with Gasteiger partial charge < -0.3 is 14.2 Å². The lowest BCUT2D eigenvalue weighted by atomic mass is 9.82. The molecule has 0 saturated heterocycles. The Morgan fingerprint density at radius 1 is 0.644 bits per heavy atom. The van der Waals surface area contributed by atoms with Crippen molar-refractivity contribution in [2.75, 3.05) is 26.8 Å². The maximum atomic E-state index is 13.8. The van der Waals surface area contributed by atoms with Gasteiger partial charge in [0.05, 0.1) is 10.1 Å². The maximum absolute atomic E-state index is 13.8. The van der Waals surface area contributed by atoms with Gasteiger partial charge in [-0.25, -0.2) is 0 Å². The number of hydrogen-bond donors (Lipinski definition) is 0. The molecule has 0 N–H and O–H groups in total. The van der Waals surface area contributed by atoms with Crippen LogP contribution in [0, 0.1) is 5.92 Å². The molecule has 0 radical (unpaired) electrons. The van der Waals surface area contributed by atoms with E-state index in [2.05, 4.69) is 90.3 Å². The van der Waals surface area contributed by atoms with Crippen LogP contribution in [0.2, 0.25) is 0 Å². The van der Waals surface area contributed by atoms with Crippen molar-refractivity contribution in [2.45, 2.75) is 258 Å². The molecule has 10 heteroatoms. The molecule has 4 rings (SSSR count). The number of fused-ring (bicyclic) bond motifs is 2.